The summed E-state index contributed by atoms with van der Waals surface area (Å²) in [4.78, 5) is 34.4. The second kappa shape index (κ2) is 8.91. The Morgan fingerprint density at radius 3 is 2.25 bits per heavy atom. The van der Waals surface area contributed by atoms with Crippen LogP contribution in [-0.4, -0.2) is 41.1 Å². The standard InChI is InChI=1S/C35H55NO4/c1-30(2)26-12-15-35(7)28(33(26,5)14-13-27(30)38)25(37)20-23-24-21-32(4,29(39)36(8)40-22-10-9-11-22)17-16-31(24,3)18-19-34(23,35)6/h20,22,24,26-28,38H,9-19,21H2,1-8H3/t24-,26?,27-,28+,31+,32-,33-,34+,35+/m0/s1. The minimum absolute atomic E-state index is 0.0118. The molecule has 0 spiro atoms. The number of aliphatic hydroxyl groups is 1. The van der Waals surface area contributed by atoms with Crippen LogP contribution in [0.2, 0.25) is 0 Å². The average molecular weight is 554 g/mol. The van der Waals surface area contributed by atoms with Crippen molar-refractivity contribution in [1.82, 2.24) is 5.06 Å². The maximum Gasteiger partial charge on any atom is 0.251 e. The van der Waals surface area contributed by atoms with Crippen LogP contribution < -0.4 is 0 Å². The van der Waals surface area contributed by atoms with Gasteiger partial charge in [-0.15, -0.1) is 0 Å². The summed E-state index contributed by atoms with van der Waals surface area (Å²) in [6.07, 6.45) is 14.0. The highest BCUT2D eigenvalue weighted by molar-refractivity contribution is 5.95. The molecule has 5 saturated carbocycles. The number of carbonyl (C=O) groups excluding carboxylic acids is 2. The first-order valence-corrected chi connectivity index (χ1v) is 16.4. The molecule has 0 aromatic heterocycles. The lowest BCUT2D eigenvalue weighted by Gasteiger charge is -2.70. The van der Waals surface area contributed by atoms with Gasteiger partial charge in [0.2, 0.25) is 0 Å². The highest BCUT2D eigenvalue weighted by atomic mass is 16.7. The van der Waals surface area contributed by atoms with E-state index in [0.717, 1.165) is 70.6 Å². The molecule has 40 heavy (non-hydrogen) atoms. The highest BCUT2D eigenvalue weighted by Crippen LogP contribution is 2.75. The summed E-state index contributed by atoms with van der Waals surface area (Å²) in [5.41, 5.74) is 0.556. The third kappa shape index (κ3) is 3.71. The zero-order chi connectivity index (χ0) is 29.1. The van der Waals surface area contributed by atoms with Crippen LogP contribution >= 0.6 is 0 Å². The van der Waals surface area contributed by atoms with E-state index in [-0.39, 0.29) is 57.0 Å². The summed E-state index contributed by atoms with van der Waals surface area (Å²) >= 11 is 0. The first-order valence-electron chi connectivity index (χ1n) is 16.4. The first kappa shape index (κ1) is 28.9. The number of rotatable bonds is 3. The van der Waals surface area contributed by atoms with Gasteiger partial charge in [-0.25, -0.2) is 5.06 Å². The molecule has 5 heteroatoms. The van der Waals surface area contributed by atoms with Crippen molar-refractivity contribution in [2.24, 2.45) is 50.2 Å². The maximum absolute atomic E-state index is 14.5. The summed E-state index contributed by atoms with van der Waals surface area (Å²) in [7, 11) is 1.81. The van der Waals surface area contributed by atoms with Crippen molar-refractivity contribution in [3.8, 4) is 0 Å². The topological polar surface area (TPSA) is 66.8 Å². The molecule has 0 aliphatic heterocycles. The maximum atomic E-state index is 14.5. The van der Waals surface area contributed by atoms with Gasteiger partial charge >= 0.3 is 0 Å². The molecule has 5 nitrogen and oxygen atoms in total. The fourth-order valence-corrected chi connectivity index (χ4v) is 11.5. The number of nitrogens with zero attached hydrogens (tertiary/aromatic N) is 1. The third-order valence-electron chi connectivity index (χ3n) is 14.7. The Labute approximate surface area is 242 Å². The molecular formula is C35H55NO4. The predicted molar refractivity (Wildman–Crippen MR) is 157 cm³/mol. The first-order chi connectivity index (χ1) is 18.5. The highest BCUT2D eigenvalue weighted by Gasteiger charge is 2.70. The van der Waals surface area contributed by atoms with Crippen molar-refractivity contribution < 1.29 is 19.5 Å². The van der Waals surface area contributed by atoms with Crippen molar-refractivity contribution in [3.05, 3.63) is 11.6 Å². The second-order valence-electron chi connectivity index (χ2n) is 17.1. The Morgan fingerprint density at radius 1 is 0.925 bits per heavy atom. The number of hydrogen-bond donors (Lipinski definition) is 1. The van der Waals surface area contributed by atoms with E-state index in [1.807, 2.05) is 7.05 Å². The SMILES string of the molecule is CN(OC1CCC1)C(=O)[C@@]1(C)CC[C@]2(C)CC[C@]3(C)C(=CC(=O)[C@@H]4[C@@]5(C)CC[C@H](O)C(C)(C)C5CC[C@]43C)[C@@H]2C1. The molecule has 6 aliphatic carbocycles. The van der Waals surface area contributed by atoms with Gasteiger partial charge in [-0.1, -0.05) is 54.0 Å². The van der Waals surface area contributed by atoms with Crippen LogP contribution in [0.5, 0.6) is 0 Å². The van der Waals surface area contributed by atoms with Gasteiger partial charge in [0.05, 0.1) is 12.2 Å². The summed E-state index contributed by atoms with van der Waals surface area (Å²) in [6.45, 7) is 16.3. The molecule has 0 aromatic carbocycles. The molecule has 0 radical (unpaired) electrons. The zero-order valence-electron chi connectivity index (χ0n) is 26.6. The van der Waals surface area contributed by atoms with Gasteiger partial charge in [0.1, 0.15) is 0 Å². The molecular weight excluding hydrogens is 498 g/mol. The van der Waals surface area contributed by atoms with Crippen molar-refractivity contribution in [2.75, 3.05) is 7.05 Å². The molecule has 1 amide bonds. The van der Waals surface area contributed by atoms with Crippen LogP contribution in [0, 0.1) is 50.2 Å². The van der Waals surface area contributed by atoms with Gasteiger partial charge < -0.3 is 5.11 Å². The Bertz CT molecular complexity index is 1120. The summed E-state index contributed by atoms with van der Waals surface area (Å²) in [6, 6.07) is 0. The van der Waals surface area contributed by atoms with E-state index in [4.69, 9.17) is 4.84 Å². The Balaban J connectivity index is 1.36. The molecule has 5 fully saturated rings. The monoisotopic (exact) mass is 553 g/mol. The Kier molecular flexibility index (Phi) is 6.44. The molecule has 9 atom stereocenters. The van der Waals surface area contributed by atoms with Crippen molar-refractivity contribution in [3.63, 3.8) is 0 Å². The number of amides is 1. The minimum atomic E-state index is -0.476. The van der Waals surface area contributed by atoms with Crippen LogP contribution in [0.3, 0.4) is 0 Å². The fourth-order valence-electron chi connectivity index (χ4n) is 11.5. The number of allylic oxidation sites excluding steroid dienone is 2. The predicted octanol–water partition coefficient (Wildman–Crippen LogP) is 7.27. The van der Waals surface area contributed by atoms with E-state index in [2.05, 4.69) is 54.5 Å². The van der Waals surface area contributed by atoms with E-state index in [1.54, 1.807) is 5.06 Å². The number of carbonyl (C=O) groups is 2. The summed E-state index contributed by atoms with van der Waals surface area (Å²) in [5, 5.41) is 12.5. The number of ketones is 1. The zero-order valence-corrected chi connectivity index (χ0v) is 26.6. The molecule has 0 bridgehead atoms. The average Bonchev–Trinajstić information content (AvgIpc) is 2.85. The van der Waals surface area contributed by atoms with Gasteiger partial charge in [-0.05, 0) is 122 Å². The molecule has 0 saturated heterocycles. The molecule has 1 unspecified atom stereocenters. The lowest BCUT2D eigenvalue weighted by atomic mass is 9.33. The van der Waals surface area contributed by atoms with Crippen molar-refractivity contribution in [1.29, 1.82) is 0 Å². The number of aliphatic hydroxyl groups excluding tert-OH is 1. The molecule has 0 heterocycles. The van der Waals surface area contributed by atoms with Gasteiger partial charge in [0, 0.05) is 18.4 Å². The van der Waals surface area contributed by atoms with Crippen LogP contribution in [0.25, 0.3) is 0 Å². The van der Waals surface area contributed by atoms with E-state index < -0.39 is 5.41 Å². The van der Waals surface area contributed by atoms with Gasteiger partial charge in [-0.3, -0.25) is 14.4 Å². The number of hydroxylamine groups is 2. The van der Waals surface area contributed by atoms with E-state index in [9.17, 15) is 14.7 Å². The van der Waals surface area contributed by atoms with Crippen LogP contribution in [0.15, 0.2) is 11.6 Å². The number of fused-ring (bicyclic) bond motifs is 7. The number of hydrogen-bond acceptors (Lipinski definition) is 4. The van der Waals surface area contributed by atoms with Crippen molar-refractivity contribution in [2.45, 2.75) is 138 Å². The Morgan fingerprint density at radius 2 is 1.60 bits per heavy atom. The fraction of sp³-hybridized carbons (Fsp3) is 0.886. The quantitative estimate of drug-likeness (QED) is 0.373. The van der Waals surface area contributed by atoms with E-state index >= 15 is 0 Å². The second-order valence-corrected chi connectivity index (χ2v) is 17.1. The van der Waals surface area contributed by atoms with Gasteiger partial charge in [-0.2, -0.15) is 0 Å². The lowest BCUT2D eigenvalue weighted by Crippen LogP contribution is -2.66. The Hall–Kier alpha value is -1.20. The molecule has 6 aliphatic rings. The normalized spacial score (nSPS) is 49.9. The van der Waals surface area contributed by atoms with Crippen molar-refractivity contribution >= 4 is 11.7 Å². The van der Waals surface area contributed by atoms with E-state index in [0.29, 0.717) is 11.7 Å². The summed E-state index contributed by atoms with van der Waals surface area (Å²) in [5.74, 6) is 1.00. The van der Waals surface area contributed by atoms with Crippen LogP contribution in [0.4, 0.5) is 0 Å². The largest absolute Gasteiger partial charge is 0.393 e. The van der Waals surface area contributed by atoms with Crippen LogP contribution in [0.1, 0.15) is 126 Å². The third-order valence-corrected chi connectivity index (χ3v) is 14.7. The smallest absolute Gasteiger partial charge is 0.251 e. The molecule has 6 rings (SSSR count). The molecule has 0 aromatic rings. The summed E-state index contributed by atoms with van der Waals surface area (Å²) < 4.78 is 0. The molecule has 224 valence electrons. The minimum Gasteiger partial charge on any atom is -0.393 e. The molecule has 1 N–H and O–H groups in total. The van der Waals surface area contributed by atoms with E-state index in [1.165, 1.54) is 12.0 Å². The van der Waals surface area contributed by atoms with Crippen LogP contribution in [-0.2, 0) is 14.4 Å². The van der Waals surface area contributed by atoms with Gasteiger partial charge in [0.15, 0.2) is 5.78 Å². The van der Waals surface area contributed by atoms with Gasteiger partial charge in [0.25, 0.3) is 5.91 Å². The lowest BCUT2D eigenvalue weighted by molar-refractivity contribution is -0.221.